The third kappa shape index (κ3) is 2.62. The predicted molar refractivity (Wildman–Crippen MR) is 104 cm³/mol. The molecule has 0 spiro atoms. The molecule has 1 N–H and O–H groups in total. The minimum Gasteiger partial charge on any atom is -0.376 e. The van der Waals surface area contributed by atoms with Gasteiger partial charge in [0, 0.05) is 6.54 Å². The van der Waals surface area contributed by atoms with E-state index in [0.29, 0.717) is 45.8 Å². The van der Waals surface area contributed by atoms with Gasteiger partial charge in [-0.15, -0.1) is 10.2 Å². The molecule has 0 bridgehead atoms. The van der Waals surface area contributed by atoms with Gasteiger partial charge in [0.2, 0.25) is 5.78 Å². The number of benzene rings is 2. The molecule has 2 heterocycles. The van der Waals surface area contributed by atoms with E-state index in [1.165, 1.54) is 0 Å². The molecule has 0 radical (unpaired) electrons. The van der Waals surface area contributed by atoms with Gasteiger partial charge in [-0.1, -0.05) is 41.4 Å². The number of anilines is 1. The van der Waals surface area contributed by atoms with Crippen molar-refractivity contribution in [2.45, 2.75) is 20.0 Å². The molecular weight excluding hydrogens is 373 g/mol. The molecule has 6 nitrogen and oxygen atoms in total. The van der Waals surface area contributed by atoms with E-state index < -0.39 is 0 Å². The third-order valence-electron chi connectivity index (χ3n) is 4.28. The minimum atomic E-state index is -0.0691. The molecule has 4 aromatic rings. The van der Waals surface area contributed by atoms with E-state index in [0.717, 1.165) is 5.52 Å². The highest BCUT2D eigenvalue weighted by Gasteiger charge is 2.15. The van der Waals surface area contributed by atoms with Crippen molar-refractivity contribution in [1.82, 2.24) is 19.2 Å². The molecule has 0 unspecified atom stereocenters. The SMILES string of the molecule is CCn1c(=O)c2ccccc2n2c(CNc3cccc(Cl)c3Cl)nnc12. The van der Waals surface area contributed by atoms with Crippen LogP contribution in [0.4, 0.5) is 5.69 Å². The summed E-state index contributed by atoms with van der Waals surface area (Å²) in [4.78, 5) is 12.7. The molecule has 0 fully saturated rings. The van der Waals surface area contributed by atoms with Crippen LogP contribution in [-0.4, -0.2) is 19.2 Å². The molecule has 8 heteroatoms. The Bertz CT molecular complexity index is 1180. The van der Waals surface area contributed by atoms with E-state index >= 15 is 0 Å². The third-order valence-corrected chi connectivity index (χ3v) is 5.10. The van der Waals surface area contributed by atoms with E-state index in [-0.39, 0.29) is 5.56 Å². The fourth-order valence-electron chi connectivity index (χ4n) is 3.03. The van der Waals surface area contributed by atoms with Crippen LogP contribution < -0.4 is 10.9 Å². The molecule has 0 saturated carbocycles. The van der Waals surface area contributed by atoms with Gasteiger partial charge in [-0.05, 0) is 31.2 Å². The molecule has 0 aliphatic rings. The lowest BCUT2D eigenvalue weighted by Crippen LogP contribution is -2.22. The molecule has 132 valence electrons. The van der Waals surface area contributed by atoms with Crippen molar-refractivity contribution in [2.75, 3.05) is 5.32 Å². The summed E-state index contributed by atoms with van der Waals surface area (Å²) in [7, 11) is 0. The van der Waals surface area contributed by atoms with E-state index in [1.54, 1.807) is 10.6 Å². The smallest absolute Gasteiger partial charge is 0.262 e. The second-order valence-corrected chi connectivity index (χ2v) is 6.56. The van der Waals surface area contributed by atoms with Crippen LogP contribution in [-0.2, 0) is 13.1 Å². The number of halogens is 2. The lowest BCUT2D eigenvalue weighted by Gasteiger charge is -2.11. The van der Waals surface area contributed by atoms with Gasteiger partial charge < -0.3 is 5.32 Å². The Kier molecular flexibility index (Phi) is 4.30. The maximum Gasteiger partial charge on any atom is 0.262 e. The summed E-state index contributed by atoms with van der Waals surface area (Å²) < 4.78 is 3.51. The highest BCUT2D eigenvalue weighted by Crippen LogP contribution is 2.29. The topological polar surface area (TPSA) is 64.2 Å². The molecule has 2 aromatic carbocycles. The Hall–Kier alpha value is -2.57. The monoisotopic (exact) mass is 387 g/mol. The Morgan fingerprint density at radius 2 is 1.88 bits per heavy atom. The number of aryl methyl sites for hydroxylation is 1. The first-order valence-corrected chi connectivity index (χ1v) is 8.91. The van der Waals surface area contributed by atoms with Crippen LogP contribution in [0, 0.1) is 0 Å². The number of nitrogens with zero attached hydrogens (tertiary/aromatic N) is 4. The van der Waals surface area contributed by atoms with Crippen LogP contribution in [0.3, 0.4) is 0 Å². The van der Waals surface area contributed by atoms with Gasteiger partial charge in [-0.25, -0.2) is 0 Å². The predicted octanol–water partition coefficient (Wildman–Crippen LogP) is 3.98. The maximum absolute atomic E-state index is 12.7. The van der Waals surface area contributed by atoms with E-state index in [1.807, 2.05) is 47.7 Å². The molecule has 26 heavy (non-hydrogen) atoms. The number of rotatable bonds is 4. The van der Waals surface area contributed by atoms with Crippen LogP contribution in [0.5, 0.6) is 0 Å². The zero-order valence-electron chi connectivity index (χ0n) is 13.9. The summed E-state index contributed by atoms with van der Waals surface area (Å²) in [5.41, 5.74) is 1.42. The average Bonchev–Trinajstić information content (AvgIpc) is 3.07. The fourth-order valence-corrected chi connectivity index (χ4v) is 3.40. The standard InChI is InChI=1S/C18H15Cl2N5O/c1-2-24-17(26)11-6-3-4-9-14(11)25-15(22-23-18(24)25)10-21-13-8-5-7-12(19)16(13)20/h3-9,21H,2,10H2,1H3. The van der Waals surface area contributed by atoms with Crippen molar-refractivity contribution in [2.24, 2.45) is 0 Å². The summed E-state index contributed by atoms with van der Waals surface area (Å²) in [5, 5.41) is 13.3. The van der Waals surface area contributed by atoms with Crippen molar-refractivity contribution < 1.29 is 0 Å². The molecule has 4 rings (SSSR count). The lowest BCUT2D eigenvalue weighted by atomic mass is 10.2. The first-order chi connectivity index (χ1) is 12.6. The van der Waals surface area contributed by atoms with Crippen molar-refractivity contribution in [1.29, 1.82) is 0 Å². The molecule has 2 aromatic heterocycles. The first-order valence-electron chi connectivity index (χ1n) is 8.15. The van der Waals surface area contributed by atoms with Crippen molar-refractivity contribution in [3.8, 4) is 0 Å². The van der Waals surface area contributed by atoms with Gasteiger partial charge in [0.15, 0.2) is 5.82 Å². The molecular formula is C18H15Cl2N5O. The van der Waals surface area contributed by atoms with Crippen LogP contribution in [0.15, 0.2) is 47.3 Å². The summed E-state index contributed by atoms with van der Waals surface area (Å²) in [6, 6.07) is 12.8. The van der Waals surface area contributed by atoms with Crippen LogP contribution >= 0.6 is 23.2 Å². The van der Waals surface area contributed by atoms with Gasteiger partial charge in [0.25, 0.3) is 5.56 Å². The Labute approximate surface area is 159 Å². The number of fused-ring (bicyclic) bond motifs is 3. The number of aromatic nitrogens is 4. The van der Waals surface area contributed by atoms with Gasteiger partial charge in [-0.3, -0.25) is 13.8 Å². The highest BCUT2D eigenvalue weighted by molar-refractivity contribution is 6.43. The summed E-state index contributed by atoms with van der Waals surface area (Å²) in [6.07, 6.45) is 0. The van der Waals surface area contributed by atoms with Crippen molar-refractivity contribution in [3.63, 3.8) is 0 Å². The number of hydrogen-bond acceptors (Lipinski definition) is 4. The van der Waals surface area contributed by atoms with Crippen LogP contribution in [0.1, 0.15) is 12.7 Å². The Morgan fingerprint density at radius 1 is 1.08 bits per heavy atom. The maximum atomic E-state index is 12.7. The van der Waals surface area contributed by atoms with Crippen LogP contribution in [0.25, 0.3) is 16.7 Å². The lowest BCUT2D eigenvalue weighted by molar-refractivity contribution is 0.734. The zero-order valence-corrected chi connectivity index (χ0v) is 15.4. The Morgan fingerprint density at radius 3 is 2.69 bits per heavy atom. The summed E-state index contributed by atoms with van der Waals surface area (Å²) in [6.45, 7) is 2.81. The highest BCUT2D eigenvalue weighted by atomic mass is 35.5. The van der Waals surface area contributed by atoms with Crippen molar-refractivity contribution >= 4 is 45.6 Å². The summed E-state index contributed by atoms with van der Waals surface area (Å²) in [5.74, 6) is 1.19. The van der Waals surface area contributed by atoms with Crippen molar-refractivity contribution in [3.05, 3.63) is 68.7 Å². The largest absolute Gasteiger partial charge is 0.376 e. The van der Waals surface area contributed by atoms with Crippen LogP contribution in [0.2, 0.25) is 10.0 Å². The first kappa shape index (κ1) is 16.9. The second-order valence-electron chi connectivity index (χ2n) is 5.77. The molecule has 0 aliphatic carbocycles. The normalized spacial score (nSPS) is 11.3. The fraction of sp³-hybridized carbons (Fsp3) is 0.167. The number of nitrogens with one attached hydrogen (secondary N) is 1. The van der Waals surface area contributed by atoms with Gasteiger partial charge >= 0.3 is 0 Å². The Balaban J connectivity index is 1.85. The van der Waals surface area contributed by atoms with E-state index in [4.69, 9.17) is 23.2 Å². The molecule has 0 aliphatic heterocycles. The molecule has 0 saturated heterocycles. The number of hydrogen-bond donors (Lipinski definition) is 1. The summed E-state index contributed by atoms with van der Waals surface area (Å²) >= 11 is 12.3. The van der Waals surface area contributed by atoms with Gasteiger partial charge in [-0.2, -0.15) is 0 Å². The molecule has 0 amide bonds. The second kappa shape index (κ2) is 6.63. The number of para-hydroxylation sites is 1. The quantitative estimate of drug-likeness (QED) is 0.574. The zero-order chi connectivity index (χ0) is 18.3. The minimum absolute atomic E-state index is 0.0691. The van der Waals surface area contributed by atoms with E-state index in [2.05, 4.69) is 15.5 Å². The molecule has 0 atom stereocenters. The van der Waals surface area contributed by atoms with E-state index in [9.17, 15) is 4.79 Å². The van der Waals surface area contributed by atoms with Gasteiger partial charge in [0.1, 0.15) is 0 Å². The van der Waals surface area contributed by atoms with Gasteiger partial charge in [0.05, 0.1) is 33.2 Å². The average molecular weight is 388 g/mol.